The second-order valence-corrected chi connectivity index (χ2v) is 7.92. The minimum absolute atomic E-state index is 0.0509. The van der Waals surface area contributed by atoms with Crippen LogP contribution >= 0.6 is 0 Å². The first kappa shape index (κ1) is 22.9. The van der Waals surface area contributed by atoms with Crippen LogP contribution in [0.2, 0.25) is 0 Å². The molecule has 0 fully saturated rings. The van der Waals surface area contributed by atoms with E-state index in [9.17, 15) is 9.59 Å². The third-order valence-electron chi connectivity index (χ3n) is 5.49. The number of carbonyl (C=O) groups is 2. The Morgan fingerprint density at radius 1 is 0.824 bits per heavy atom. The van der Waals surface area contributed by atoms with E-state index in [-0.39, 0.29) is 18.2 Å². The molecule has 1 N–H and O–H groups in total. The van der Waals surface area contributed by atoms with Gasteiger partial charge in [0.15, 0.2) is 0 Å². The lowest BCUT2D eigenvalue weighted by atomic mass is 10.0. The van der Waals surface area contributed by atoms with Crippen molar-refractivity contribution in [2.75, 3.05) is 11.9 Å². The quantitative estimate of drug-likeness (QED) is 0.411. The molecule has 4 aromatic rings. The fourth-order valence-electron chi connectivity index (χ4n) is 3.71. The highest BCUT2D eigenvalue weighted by molar-refractivity contribution is 5.96. The van der Waals surface area contributed by atoms with Crippen LogP contribution in [-0.4, -0.2) is 33.2 Å². The number of hydrogen-bond acceptors (Lipinski definition) is 4. The van der Waals surface area contributed by atoms with E-state index in [1.807, 2.05) is 42.2 Å². The summed E-state index contributed by atoms with van der Waals surface area (Å²) in [6, 6.07) is 22.8. The molecule has 0 aliphatic heterocycles. The topological polar surface area (TPSA) is 75.2 Å². The molecule has 0 aliphatic carbocycles. The summed E-state index contributed by atoms with van der Waals surface area (Å²) >= 11 is 0. The standard InChI is InChI=1S/C28H26N4O2/c1-2-32(20-22-5-3-7-25(17-22)23-12-15-29-16-13-23)28(34)24-8-10-26(11-9-24)31-27(33)18-21-6-4-14-30-19-21/h3-17,19H,2,18,20H2,1H3,(H,31,33). The lowest BCUT2D eigenvalue weighted by molar-refractivity contribution is -0.115. The van der Waals surface area contributed by atoms with Crippen LogP contribution in [0.25, 0.3) is 11.1 Å². The number of nitrogens with one attached hydrogen (secondary N) is 1. The van der Waals surface area contributed by atoms with E-state index >= 15 is 0 Å². The average molecular weight is 451 g/mol. The minimum atomic E-state index is -0.128. The Balaban J connectivity index is 1.40. The number of pyridine rings is 2. The molecule has 0 bridgehead atoms. The lowest BCUT2D eigenvalue weighted by Crippen LogP contribution is -2.30. The van der Waals surface area contributed by atoms with Crippen LogP contribution in [0.5, 0.6) is 0 Å². The van der Waals surface area contributed by atoms with E-state index in [1.54, 1.807) is 55.1 Å². The first-order chi connectivity index (χ1) is 16.6. The molecule has 2 aromatic heterocycles. The summed E-state index contributed by atoms with van der Waals surface area (Å²) in [6.07, 6.45) is 7.14. The molecule has 0 saturated heterocycles. The fourth-order valence-corrected chi connectivity index (χ4v) is 3.71. The molecule has 0 saturated carbocycles. The van der Waals surface area contributed by atoms with Gasteiger partial charge in [0.05, 0.1) is 6.42 Å². The summed E-state index contributed by atoms with van der Waals surface area (Å²) in [5.41, 5.74) is 5.32. The Labute approximate surface area is 199 Å². The monoisotopic (exact) mass is 450 g/mol. The Morgan fingerprint density at radius 2 is 1.59 bits per heavy atom. The van der Waals surface area contributed by atoms with E-state index < -0.39 is 0 Å². The highest BCUT2D eigenvalue weighted by Crippen LogP contribution is 2.21. The molecule has 0 radical (unpaired) electrons. The number of benzene rings is 2. The predicted molar refractivity (Wildman–Crippen MR) is 133 cm³/mol. The molecule has 2 amide bonds. The molecule has 0 atom stereocenters. The zero-order chi connectivity index (χ0) is 23.8. The fraction of sp³-hybridized carbons (Fsp3) is 0.143. The highest BCUT2D eigenvalue weighted by atomic mass is 16.2. The molecule has 0 unspecified atom stereocenters. The normalized spacial score (nSPS) is 10.5. The Morgan fingerprint density at radius 3 is 2.29 bits per heavy atom. The van der Waals surface area contributed by atoms with Gasteiger partial charge in [0.2, 0.25) is 5.91 Å². The average Bonchev–Trinajstić information content (AvgIpc) is 2.88. The summed E-state index contributed by atoms with van der Waals surface area (Å²) in [4.78, 5) is 35.3. The number of hydrogen-bond donors (Lipinski definition) is 1. The first-order valence-corrected chi connectivity index (χ1v) is 11.2. The van der Waals surface area contributed by atoms with Crippen molar-refractivity contribution in [2.45, 2.75) is 19.9 Å². The molecule has 2 aromatic carbocycles. The molecule has 34 heavy (non-hydrogen) atoms. The van der Waals surface area contributed by atoms with E-state index in [4.69, 9.17) is 0 Å². The second kappa shape index (κ2) is 11.0. The zero-order valence-electron chi connectivity index (χ0n) is 19.0. The Hall–Kier alpha value is -4.32. The third kappa shape index (κ3) is 5.92. The predicted octanol–water partition coefficient (Wildman–Crippen LogP) is 4.99. The third-order valence-corrected chi connectivity index (χ3v) is 5.49. The van der Waals surface area contributed by atoms with Crippen molar-refractivity contribution in [3.05, 3.63) is 114 Å². The van der Waals surface area contributed by atoms with Gasteiger partial charge in [0, 0.05) is 49.1 Å². The first-order valence-electron chi connectivity index (χ1n) is 11.2. The number of carbonyl (C=O) groups excluding carboxylic acids is 2. The smallest absolute Gasteiger partial charge is 0.254 e. The number of amides is 2. The van der Waals surface area contributed by atoms with Gasteiger partial charge in [-0.2, -0.15) is 0 Å². The van der Waals surface area contributed by atoms with Crippen LogP contribution in [0, 0.1) is 0 Å². The number of aromatic nitrogens is 2. The van der Waals surface area contributed by atoms with Gasteiger partial charge in [-0.15, -0.1) is 0 Å². The molecule has 0 spiro atoms. The van der Waals surface area contributed by atoms with E-state index in [0.29, 0.717) is 24.3 Å². The molecule has 4 rings (SSSR count). The van der Waals surface area contributed by atoms with Crippen molar-refractivity contribution in [2.24, 2.45) is 0 Å². The lowest BCUT2D eigenvalue weighted by Gasteiger charge is -2.21. The zero-order valence-corrected chi connectivity index (χ0v) is 19.0. The van der Waals surface area contributed by atoms with E-state index in [1.165, 1.54) is 0 Å². The summed E-state index contributed by atoms with van der Waals surface area (Å²) < 4.78 is 0. The minimum Gasteiger partial charge on any atom is -0.335 e. The van der Waals surface area contributed by atoms with Gasteiger partial charge in [-0.25, -0.2) is 0 Å². The summed E-state index contributed by atoms with van der Waals surface area (Å²) in [5.74, 6) is -0.179. The van der Waals surface area contributed by atoms with Crippen LogP contribution in [0.3, 0.4) is 0 Å². The van der Waals surface area contributed by atoms with Crippen LogP contribution in [0.1, 0.15) is 28.4 Å². The largest absolute Gasteiger partial charge is 0.335 e. The van der Waals surface area contributed by atoms with Gasteiger partial charge in [-0.05, 0) is 77.7 Å². The van der Waals surface area contributed by atoms with Gasteiger partial charge < -0.3 is 10.2 Å². The van der Waals surface area contributed by atoms with Gasteiger partial charge in [0.25, 0.3) is 5.91 Å². The maximum Gasteiger partial charge on any atom is 0.254 e. The highest BCUT2D eigenvalue weighted by Gasteiger charge is 2.15. The van der Waals surface area contributed by atoms with Crippen molar-refractivity contribution >= 4 is 17.5 Å². The van der Waals surface area contributed by atoms with Crippen molar-refractivity contribution < 1.29 is 9.59 Å². The van der Waals surface area contributed by atoms with Crippen LogP contribution < -0.4 is 5.32 Å². The van der Waals surface area contributed by atoms with Crippen molar-refractivity contribution in [3.8, 4) is 11.1 Å². The molecular formula is C28H26N4O2. The molecule has 0 aliphatic rings. The molecule has 6 nitrogen and oxygen atoms in total. The van der Waals surface area contributed by atoms with Gasteiger partial charge >= 0.3 is 0 Å². The number of anilines is 1. The Bertz CT molecular complexity index is 1240. The summed E-state index contributed by atoms with van der Waals surface area (Å²) in [5, 5.41) is 2.87. The van der Waals surface area contributed by atoms with Crippen LogP contribution in [0.15, 0.2) is 97.6 Å². The van der Waals surface area contributed by atoms with Gasteiger partial charge in [-0.3, -0.25) is 19.6 Å². The van der Waals surface area contributed by atoms with Crippen LogP contribution in [-0.2, 0) is 17.8 Å². The second-order valence-electron chi connectivity index (χ2n) is 7.92. The summed E-state index contributed by atoms with van der Waals surface area (Å²) in [7, 11) is 0. The molecule has 170 valence electrons. The van der Waals surface area contributed by atoms with Crippen molar-refractivity contribution in [3.63, 3.8) is 0 Å². The van der Waals surface area contributed by atoms with Crippen molar-refractivity contribution in [1.29, 1.82) is 0 Å². The Kier molecular flexibility index (Phi) is 7.40. The maximum absolute atomic E-state index is 13.1. The van der Waals surface area contributed by atoms with Crippen LogP contribution in [0.4, 0.5) is 5.69 Å². The van der Waals surface area contributed by atoms with E-state index in [2.05, 4.69) is 27.4 Å². The van der Waals surface area contributed by atoms with Gasteiger partial charge in [-0.1, -0.05) is 24.3 Å². The van der Waals surface area contributed by atoms with Crippen molar-refractivity contribution in [1.82, 2.24) is 14.9 Å². The number of nitrogens with zero attached hydrogens (tertiary/aromatic N) is 3. The maximum atomic E-state index is 13.1. The number of rotatable bonds is 8. The molecular weight excluding hydrogens is 424 g/mol. The molecule has 6 heteroatoms. The SMILES string of the molecule is CCN(Cc1cccc(-c2ccncc2)c1)C(=O)c1ccc(NC(=O)Cc2cccnc2)cc1. The molecule has 2 heterocycles. The van der Waals surface area contributed by atoms with Gasteiger partial charge in [0.1, 0.15) is 0 Å². The summed E-state index contributed by atoms with van der Waals surface area (Å²) in [6.45, 7) is 3.07. The van der Waals surface area contributed by atoms with E-state index in [0.717, 1.165) is 22.3 Å².